The average molecular weight is 523 g/mol. The number of hydrogen-bond acceptors (Lipinski definition) is 8. The van der Waals surface area contributed by atoms with E-state index in [0.717, 1.165) is 27.8 Å². The number of carbonyl (C=O) groups is 1. The number of pyridine rings is 2. The Morgan fingerprint density at radius 2 is 2.15 bits per heavy atom. The van der Waals surface area contributed by atoms with E-state index in [1.165, 1.54) is 0 Å². The molecule has 0 unspecified atom stereocenters. The van der Waals surface area contributed by atoms with Crippen LogP contribution in [0.25, 0.3) is 27.7 Å². The number of aliphatic hydroxyl groups excluding tert-OH is 1. The predicted molar refractivity (Wildman–Crippen MR) is 144 cm³/mol. The summed E-state index contributed by atoms with van der Waals surface area (Å²) in [6, 6.07) is 14.2. The van der Waals surface area contributed by atoms with Crippen molar-refractivity contribution in [1.29, 1.82) is 5.26 Å². The van der Waals surface area contributed by atoms with Crippen LogP contribution in [0.5, 0.6) is 5.75 Å². The Kier molecular flexibility index (Phi) is 6.30. The zero-order valence-corrected chi connectivity index (χ0v) is 21.2. The lowest BCUT2D eigenvalue weighted by atomic mass is 10.00. The summed E-state index contributed by atoms with van der Waals surface area (Å²) in [6.07, 6.45) is 5.16. The lowest BCUT2D eigenvalue weighted by Gasteiger charge is -2.37. The third-order valence-electron chi connectivity index (χ3n) is 6.99. The molecule has 0 aliphatic carbocycles. The summed E-state index contributed by atoms with van der Waals surface area (Å²) in [7, 11) is 0. The molecule has 4 aromatic heterocycles. The molecule has 1 aliphatic rings. The number of β-amino-alcohol motifs (C(OH)–C–C–N with tert-alkyl or cyclic N) is 1. The summed E-state index contributed by atoms with van der Waals surface area (Å²) in [4.78, 5) is 19.4. The molecule has 1 aromatic carbocycles. The second-order valence-corrected chi connectivity index (χ2v) is 9.39. The van der Waals surface area contributed by atoms with Gasteiger partial charge in [0.05, 0.1) is 59.2 Å². The Labute approximate surface area is 223 Å². The number of piperidine rings is 1. The summed E-state index contributed by atoms with van der Waals surface area (Å²) >= 11 is 0. The Bertz CT molecular complexity index is 1700. The van der Waals surface area contributed by atoms with E-state index in [1.54, 1.807) is 41.2 Å². The van der Waals surface area contributed by atoms with Gasteiger partial charge in [-0.15, -0.1) is 5.10 Å². The molecule has 196 valence electrons. The molecule has 5 heterocycles. The van der Waals surface area contributed by atoms with Gasteiger partial charge in [-0.3, -0.25) is 9.89 Å². The fourth-order valence-corrected chi connectivity index (χ4v) is 5.07. The molecular formula is C28H26N8O3. The zero-order chi connectivity index (χ0) is 26.9. The highest BCUT2D eigenvalue weighted by molar-refractivity contribution is 6.01. The number of H-pyrrole nitrogens is 1. The zero-order valence-electron chi connectivity index (χ0n) is 21.2. The average Bonchev–Trinajstić information content (AvgIpc) is 3.55. The van der Waals surface area contributed by atoms with Crippen LogP contribution in [-0.4, -0.2) is 67.7 Å². The largest absolute Gasteiger partial charge is 0.492 e. The van der Waals surface area contributed by atoms with Gasteiger partial charge >= 0.3 is 0 Å². The summed E-state index contributed by atoms with van der Waals surface area (Å²) in [6.45, 7) is 3.40. The second-order valence-electron chi connectivity index (χ2n) is 9.39. The number of nitrogens with zero attached hydrogens (tertiary/aromatic N) is 6. The van der Waals surface area contributed by atoms with E-state index in [0.29, 0.717) is 48.6 Å². The van der Waals surface area contributed by atoms with Gasteiger partial charge in [-0.05, 0) is 43.7 Å². The minimum absolute atomic E-state index is 0.305. The Morgan fingerprint density at radius 1 is 1.28 bits per heavy atom. The third-order valence-corrected chi connectivity index (χ3v) is 6.99. The van der Waals surface area contributed by atoms with Gasteiger partial charge < -0.3 is 20.1 Å². The summed E-state index contributed by atoms with van der Waals surface area (Å²) in [5, 5.41) is 35.5. The molecular weight excluding hydrogens is 496 g/mol. The van der Waals surface area contributed by atoms with Gasteiger partial charge in [-0.25, -0.2) is 9.50 Å². The van der Waals surface area contributed by atoms with Crippen LogP contribution in [0.1, 0.15) is 29.3 Å². The van der Waals surface area contributed by atoms with Crippen LogP contribution in [0.15, 0.2) is 61.1 Å². The summed E-state index contributed by atoms with van der Waals surface area (Å²) in [5.74, 6) is 1.07. The number of aromatic amines is 1. The van der Waals surface area contributed by atoms with Gasteiger partial charge in [0.1, 0.15) is 11.6 Å². The third kappa shape index (κ3) is 4.51. The number of anilines is 1. The molecule has 0 bridgehead atoms. The van der Waals surface area contributed by atoms with Crippen LogP contribution < -0.4 is 15.0 Å². The molecule has 0 saturated carbocycles. The highest BCUT2D eigenvalue weighted by Gasteiger charge is 2.30. The number of nitriles is 1. The van der Waals surface area contributed by atoms with Gasteiger partial charge in [0.2, 0.25) is 0 Å². The minimum Gasteiger partial charge on any atom is -0.492 e. The second kappa shape index (κ2) is 10.1. The number of carbonyl (C=O) groups excluding carboxylic acids is 1. The van der Waals surface area contributed by atoms with Crippen molar-refractivity contribution in [3.63, 3.8) is 0 Å². The van der Waals surface area contributed by atoms with Crippen molar-refractivity contribution in [2.24, 2.45) is 0 Å². The number of rotatable bonds is 6. The van der Waals surface area contributed by atoms with E-state index in [9.17, 15) is 15.2 Å². The monoisotopic (exact) mass is 522 g/mol. The van der Waals surface area contributed by atoms with Crippen molar-refractivity contribution in [3.05, 3.63) is 72.2 Å². The number of ether oxygens (including phenoxy) is 1. The van der Waals surface area contributed by atoms with Crippen LogP contribution in [0.2, 0.25) is 0 Å². The first-order valence-corrected chi connectivity index (χ1v) is 12.7. The Balaban J connectivity index is 1.20. The van der Waals surface area contributed by atoms with E-state index < -0.39 is 12.1 Å². The number of amides is 1. The molecule has 5 aromatic rings. The molecule has 3 N–H and O–H groups in total. The number of aromatic nitrogens is 5. The fraction of sp³-hybridized carbons (Fsp3) is 0.250. The number of benzene rings is 1. The predicted octanol–water partition coefficient (Wildman–Crippen LogP) is 2.91. The van der Waals surface area contributed by atoms with Gasteiger partial charge in [0.25, 0.3) is 5.91 Å². The first-order chi connectivity index (χ1) is 19.1. The first-order valence-electron chi connectivity index (χ1n) is 12.7. The van der Waals surface area contributed by atoms with Crippen molar-refractivity contribution in [2.45, 2.75) is 25.5 Å². The van der Waals surface area contributed by atoms with Crippen LogP contribution in [0.3, 0.4) is 0 Å². The molecule has 1 aliphatic heterocycles. The number of nitrogens with one attached hydrogen (secondary N) is 2. The SMILES string of the molecule is CCOc1cc(-c2ccc(N3CC[C@H](NC(=O)c4ccccc4C#N)[C@H](O)C3)nc2)c2c3cn[nH]c3nn2c1. The number of aliphatic hydroxyl groups is 1. The maximum absolute atomic E-state index is 12.7. The summed E-state index contributed by atoms with van der Waals surface area (Å²) < 4.78 is 7.56. The maximum atomic E-state index is 12.7. The molecule has 2 atom stereocenters. The topological polar surface area (TPSA) is 144 Å². The molecule has 1 amide bonds. The Hall–Kier alpha value is -4.95. The smallest absolute Gasteiger partial charge is 0.252 e. The van der Waals surface area contributed by atoms with Crippen LogP contribution in [0, 0.1) is 11.3 Å². The minimum atomic E-state index is -0.790. The van der Waals surface area contributed by atoms with Crippen LogP contribution in [-0.2, 0) is 0 Å². The van der Waals surface area contributed by atoms with E-state index in [4.69, 9.17) is 9.72 Å². The van der Waals surface area contributed by atoms with Crippen LogP contribution in [0.4, 0.5) is 5.82 Å². The lowest BCUT2D eigenvalue weighted by molar-refractivity contribution is 0.0797. The molecule has 1 fully saturated rings. The van der Waals surface area contributed by atoms with E-state index in [1.807, 2.05) is 42.3 Å². The normalized spacial score (nSPS) is 17.3. The molecule has 1 saturated heterocycles. The fourth-order valence-electron chi connectivity index (χ4n) is 5.07. The van der Waals surface area contributed by atoms with Crippen molar-refractivity contribution >= 4 is 28.3 Å². The Morgan fingerprint density at radius 3 is 2.92 bits per heavy atom. The van der Waals surface area contributed by atoms with Crippen molar-refractivity contribution in [3.8, 4) is 22.9 Å². The van der Waals surface area contributed by atoms with Crippen molar-refractivity contribution in [1.82, 2.24) is 30.1 Å². The maximum Gasteiger partial charge on any atom is 0.252 e. The number of hydrogen-bond donors (Lipinski definition) is 3. The van der Waals surface area contributed by atoms with Gasteiger partial charge in [-0.2, -0.15) is 10.4 Å². The molecule has 0 radical (unpaired) electrons. The van der Waals surface area contributed by atoms with Crippen molar-refractivity contribution in [2.75, 3.05) is 24.6 Å². The van der Waals surface area contributed by atoms with Gasteiger partial charge in [0, 0.05) is 30.4 Å². The lowest BCUT2D eigenvalue weighted by Crippen LogP contribution is -2.54. The standard InChI is InChI=1S/C28H26N8O3/c1-2-39-19-11-21(26-22-14-31-33-27(22)34-36(26)15-19)18-7-8-25(30-13-18)35-10-9-23(24(37)16-35)32-28(38)20-6-4-3-5-17(20)12-29/h3-8,11,13-15,23-24,37H,2,9-10,16H2,1H3,(H,32,38)(H,33,34)/t23-,24+/m0/s1. The van der Waals surface area contributed by atoms with Gasteiger partial charge in [-0.1, -0.05) is 12.1 Å². The number of fused-ring (bicyclic) bond motifs is 3. The molecule has 39 heavy (non-hydrogen) atoms. The van der Waals surface area contributed by atoms with Gasteiger partial charge in [0.15, 0.2) is 5.65 Å². The quantitative estimate of drug-likeness (QED) is 0.309. The first kappa shape index (κ1) is 24.4. The summed E-state index contributed by atoms with van der Waals surface area (Å²) in [5.41, 5.74) is 4.02. The molecule has 11 nitrogen and oxygen atoms in total. The molecule has 11 heteroatoms. The van der Waals surface area contributed by atoms with E-state index >= 15 is 0 Å². The van der Waals surface area contributed by atoms with Crippen molar-refractivity contribution < 1.29 is 14.6 Å². The molecule has 0 spiro atoms. The van der Waals surface area contributed by atoms with Crippen LogP contribution >= 0.6 is 0 Å². The highest BCUT2D eigenvalue weighted by atomic mass is 16.5. The molecule has 6 rings (SSSR count). The van der Waals surface area contributed by atoms with E-state index in [-0.39, 0.29) is 5.91 Å². The highest BCUT2D eigenvalue weighted by Crippen LogP contribution is 2.33. The van der Waals surface area contributed by atoms with E-state index in [2.05, 4.69) is 20.6 Å².